The zero-order valence-corrected chi connectivity index (χ0v) is 34.0. The van der Waals surface area contributed by atoms with Crippen LogP contribution in [0.25, 0.3) is 21.3 Å². The number of thiazole rings is 1. The number of aliphatic hydroxyl groups is 1. The van der Waals surface area contributed by atoms with Gasteiger partial charge in [0, 0.05) is 53.0 Å². The Balaban J connectivity index is 0.824. The molecule has 0 amide bonds. The summed E-state index contributed by atoms with van der Waals surface area (Å²) in [4.78, 5) is 14.6. The van der Waals surface area contributed by atoms with E-state index in [0.29, 0.717) is 21.9 Å². The zero-order chi connectivity index (χ0) is 38.1. The van der Waals surface area contributed by atoms with Crippen molar-refractivity contribution in [1.82, 2.24) is 34.8 Å². The number of para-hydroxylation sites is 1. The Kier molecular flexibility index (Phi) is 7.72. The fraction of sp³-hybridized carbons (Fsp3) is 0.568. The predicted octanol–water partition coefficient (Wildman–Crippen LogP) is 8.12. The minimum absolute atomic E-state index is 0.0811. The van der Waals surface area contributed by atoms with Crippen molar-refractivity contribution in [3.63, 3.8) is 0 Å². The third kappa shape index (κ3) is 4.82. The van der Waals surface area contributed by atoms with Crippen molar-refractivity contribution >= 4 is 44.1 Å². The number of hydrogen-bond donors (Lipinski definition) is 2. The number of ether oxygens (including phenoxy) is 1. The molecule has 4 saturated carbocycles. The summed E-state index contributed by atoms with van der Waals surface area (Å²) < 4.78 is 10.4. The van der Waals surface area contributed by atoms with Crippen LogP contribution in [0.5, 0.6) is 0 Å². The standard InChI is InChI=1S/C44H53N9O2S/c1-28-30-10-9-17-52(38(30)50-49-37(28)48-39-47-33-11-5-6-12-35(33)56-39)36-14-13-31(34(21-54)46-36)32-20-45-53(29(32)2)27-42-22-40(3)24-43(55-19-18-51-15-7-8-16-51)25-41(4,23-42)44(40,43)26-42/h5-6,11-14,20,54H,7-10,15-19,21-27H2,1-4H3,(H,47,48,49). The van der Waals surface area contributed by atoms with Crippen LogP contribution in [-0.4, -0.2) is 78.3 Å². The highest BCUT2D eigenvalue weighted by Crippen LogP contribution is 2.95. The summed E-state index contributed by atoms with van der Waals surface area (Å²) in [6, 6.07) is 12.3. The van der Waals surface area contributed by atoms with Crippen molar-refractivity contribution in [1.29, 1.82) is 0 Å². The summed E-state index contributed by atoms with van der Waals surface area (Å²) in [7, 11) is 0. The van der Waals surface area contributed by atoms with Gasteiger partial charge in [-0.3, -0.25) is 4.68 Å². The number of aliphatic hydroxyl groups excluding tert-OH is 1. The number of anilines is 4. The maximum Gasteiger partial charge on any atom is 0.189 e. The molecular weight excluding hydrogens is 719 g/mol. The van der Waals surface area contributed by atoms with Gasteiger partial charge in [-0.15, -0.1) is 10.2 Å². The smallest absolute Gasteiger partial charge is 0.189 e. The molecule has 2 N–H and O–H groups in total. The van der Waals surface area contributed by atoms with Gasteiger partial charge in [0.05, 0.1) is 40.9 Å². The molecule has 2 unspecified atom stereocenters. The maximum absolute atomic E-state index is 10.7. The number of nitrogens with zero attached hydrogens (tertiary/aromatic N) is 8. The van der Waals surface area contributed by atoms with Crippen LogP contribution in [0.1, 0.15) is 87.7 Å². The number of rotatable bonds is 11. The molecule has 11 nitrogen and oxygen atoms in total. The highest BCUT2D eigenvalue weighted by atomic mass is 32.1. The van der Waals surface area contributed by atoms with Crippen LogP contribution in [0.15, 0.2) is 42.6 Å². The second kappa shape index (κ2) is 12.3. The van der Waals surface area contributed by atoms with Gasteiger partial charge in [-0.05, 0) is 125 Å². The summed E-state index contributed by atoms with van der Waals surface area (Å²) >= 11 is 1.62. The first-order valence-electron chi connectivity index (χ1n) is 20.8. The zero-order valence-electron chi connectivity index (χ0n) is 33.2. The van der Waals surface area contributed by atoms with Crippen LogP contribution >= 0.6 is 11.3 Å². The summed E-state index contributed by atoms with van der Waals surface area (Å²) in [5.41, 5.74) is 8.31. The molecule has 5 aromatic rings. The lowest BCUT2D eigenvalue weighted by Gasteiger charge is -2.82. The Bertz CT molecular complexity index is 2330. The first-order valence-corrected chi connectivity index (χ1v) is 21.7. The largest absolute Gasteiger partial charge is 0.390 e. The van der Waals surface area contributed by atoms with Crippen molar-refractivity contribution in [3.05, 3.63) is 65.1 Å². The molecule has 1 spiro atoms. The normalized spacial score (nSPS) is 31.4. The van der Waals surface area contributed by atoms with Crippen molar-refractivity contribution in [2.75, 3.05) is 43.0 Å². The van der Waals surface area contributed by atoms with E-state index >= 15 is 0 Å². The van der Waals surface area contributed by atoms with E-state index in [1.54, 1.807) is 11.3 Å². The van der Waals surface area contributed by atoms with Crippen LogP contribution < -0.4 is 10.2 Å². The lowest BCUT2D eigenvalue weighted by molar-refractivity contribution is -0.397. The van der Waals surface area contributed by atoms with Gasteiger partial charge >= 0.3 is 0 Å². The Hall–Kier alpha value is -3.97. The van der Waals surface area contributed by atoms with Crippen LogP contribution in [0, 0.1) is 35.5 Å². The van der Waals surface area contributed by atoms with Crippen LogP contribution in [0.4, 0.5) is 22.6 Å². The maximum atomic E-state index is 10.7. The first-order chi connectivity index (χ1) is 27.1. The lowest BCUT2D eigenvalue weighted by Crippen LogP contribution is -2.82. The van der Waals surface area contributed by atoms with Gasteiger partial charge in [0.1, 0.15) is 5.82 Å². The average Bonchev–Trinajstić information content (AvgIpc) is 4.00. The van der Waals surface area contributed by atoms with E-state index in [4.69, 9.17) is 24.9 Å². The molecule has 292 valence electrons. The average molecular weight is 772 g/mol. The first kappa shape index (κ1) is 35.2. The number of likely N-dealkylation sites (tertiary alicyclic amines) is 1. The Morgan fingerprint density at radius 2 is 1.70 bits per heavy atom. The molecule has 2 aliphatic heterocycles. The van der Waals surface area contributed by atoms with Crippen LogP contribution in [-0.2, 0) is 24.3 Å². The van der Waals surface area contributed by atoms with E-state index in [9.17, 15) is 5.11 Å². The monoisotopic (exact) mass is 771 g/mol. The van der Waals surface area contributed by atoms with Crippen molar-refractivity contribution < 1.29 is 9.84 Å². The number of benzene rings is 1. The molecule has 6 aliphatic rings. The third-order valence-corrected chi connectivity index (χ3v) is 16.5. The van der Waals surface area contributed by atoms with Gasteiger partial charge in [-0.25, -0.2) is 9.97 Å². The van der Waals surface area contributed by atoms with Gasteiger partial charge in [0.25, 0.3) is 0 Å². The summed E-state index contributed by atoms with van der Waals surface area (Å²) in [6.07, 6.45) is 12.8. The molecule has 1 saturated heterocycles. The lowest BCUT2D eigenvalue weighted by atomic mass is 9.25. The van der Waals surface area contributed by atoms with E-state index in [1.807, 2.05) is 24.4 Å². The van der Waals surface area contributed by atoms with Gasteiger partial charge in [-0.1, -0.05) is 37.3 Å². The van der Waals surface area contributed by atoms with E-state index in [-0.39, 0.29) is 17.6 Å². The minimum atomic E-state index is -0.159. The second-order valence-electron chi connectivity index (χ2n) is 18.8. The fourth-order valence-corrected chi connectivity index (χ4v) is 14.7. The van der Waals surface area contributed by atoms with Crippen molar-refractivity contribution in [2.45, 2.75) is 104 Å². The summed E-state index contributed by atoms with van der Waals surface area (Å²) in [5.74, 6) is 2.34. The number of nitrogens with one attached hydrogen (secondary N) is 1. The topological polar surface area (TPSA) is 117 Å². The fourth-order valence-electron chi connectivity index (χ4n) is 13.9. The Morgan fingerprint density at radius 3 is 2.48 bits per heavy atom. The van der Waals surface area contributed by atoms with Gasteiger partial charge in [0.15, 0.2) is 16.8 Å². The van der Waals surface area contributed by atoms with E-state index in [2.05, 4.69) is 70.8 Å². The minimum Gasteiger partial charge on any atom is -0.390 e. The van der Waals surface area contributed by atoms with E-state index in [1.165, 1.54) is 58.0 Å². The molecule has 4 aliphatic carbocycles. The molecule has 12 heteroatoms. The van der Waals surface area contributed by atoms with E-state index < -0.39 is 0 Å². The Morgan fingerprint density at radius 1 is 0.893 bits per heavy atom. The van der Waals surface area contributed by atoms with Crippen LogP contribution in [0.3, 0.4) is 0 Å². The summed E-state index contributed by atoms with van der Waals surface area (Å²) in [5, 5.41) is 29.4. The van der Waals surface area contributed by atoms with Gasteiger partial charge < -0.3 is 25.0 Å². The van der Waals surface area contributed by atoms with Crippen LogP contribution in [0.2, 0.25) is 0 Å². The number of hydrogen-bond acceptors (Lipinski definition) is 11. The number of pyridine rings is 1. The van der Waals surface area contributed by atoms with Crippen molar-refractivity contribution in [2.24, 2.45) is 21.7 Å². The SMILES string of the molecule is Cc1c(Nc2nc3ccccc3s2)nnc2c1CCCN2c1ccc(-c2cnn(CC34CC5(C)CC6(OCCN7CCCC7)CC(C)(C3)C56C4)c2C)c(CO)n1. The molecular formula is C44H53N9O2S. The predicted molar refractivity (Wildman–Crippen MR) is 220 cm³/mol. The second-order valence-corrected chi connectivity index (χ2v) is 19.8. The molecule has 6 heterocycles. The molecule has 11 rings (SSSR count). The number of aromatic nitrogens is 6. The quantitative estimate of drug-likeness (QED) is 0.136. The molecule has 56 heavy (non-hydrogen) atoms. The van der Waals surface area contributed by atoms with Crippen molar-refractivity contribution in [3.8, 4) is 11.1 Å². The van der Waals surface area contributed by atoms with Gasteiger partial charge in [0.2, 0.25) is 0 Å². The highest BCUT2D eigenvalue weighted by Gasteiger charge is 2.93. The third-order valence-electron chi connectivity index (χ3n) is 15.5. The number of fused-ring (bicyclic) bond motifs is 3. The molecule has 4 aromatic heterocycles. The molecule has 2 atom stereocenters. The molecule has 2 bridgehead atoms. The molecule has 5 fully saturated rings. The highest BCUT2D eigenvalue weighted by molar-refractivity contribution is 7.22. The van der Waals surface area contributed by atoms with Gasteiger partial charge in [-0.2, -0.15) is 5.10 Å². The molecule has 1 aromatic carbocycles. The summed E-state index contributed by atoms with van der Waals surface area (Å²) in [6.45, 7) is 15.4. The molecule has 0 radical (unpaired) electrons. The Labute approximate surface area is 332 Å². The van der Waals surface area contributed by atoms with E-state index in [0.717, 1.165) is 99.8 Å².